The van der Waals surface area contributed by atoms with Crippen LogP contribution in [0.1, 0.15) is 123 Å². The van der Waals surface area contributed by atoms with Crippen molar-refractivity contribution < 1.29 is 4.39 Å². The molecule has 4 rings (SSSR count). The van der Waals surface area contributed by atoms with Crippen molar-refractivity contribution in [1.29, 1.82) is 0 Å². The Morgan fingerprint density at radius 3 is 2.04 bits per heavy atom. The molecule has 25 heavy (non-hydrogen) atoms. The van der Waals surface area contributed by atoms with Crippen molar-refractivity contribution in [3.63, 3.8) is 0 Å². The summed E-state index contributed by atoms with van der Waals surface area (Å²) in [5.41, 5.74) is 1.07. The quantitative estimate of drug-likeness (QED) is 0.367. The maximum Gasteiger partial charge on any atom is 0.104 e. The third kappa shape index (κ3) is 4.44. The van der Waals surface area contributed by atoms with Gasteiger partial charge in [-0.1, -0.05) is 58.8 Å². The summed E-state index contributed by atoms with van der Waals surface area (Å²) in [6, 6.07) is 0. The van der Waals surface area contributed by atoms with Crippen molar-refractivity contribution in [2.45, 2.75) is 129 Å². The molecule has 0 aromatic heterocycles. The summed E-state index contributed by atoms with van der Waals surface area (Å²) in [5.74, 6) is 1.10. The molecule has 4 aliphatic carbocycles. The van der Waals surface area contributed by atoms with Crippen molar-refractivity contribution in [2.24, 2.45) is 22.7 Å². The van der Waals surface area contributed by atoms with E-state index in [4.69, 9.17) is 0 Å². The van der Waals surface area contributed by atoms with Crippen molar-refractivity contribution >= 4 is 0 Å². The summed E-state index contributed by atoms with van der Waals surface area (Å²) >= 11 is 0. The van der Waals surface area contributed by atoms with Gasteiger partial charge in [0.05, 0.1) is 0 Å². The third-order valence-corrected chi connectivity index (χ3v) is 8.65. The Morgan fingerprint density at radius 2 is 1.44 bits per heavy atom. The topological polar surface area (TPSA) is 0 Å². The fourth-order valence-electron chi connectivity index (χ4n) is 6.81. The summed E-state index contributed by atoms with van der Waals surface area (Å²) in [7, 11) is 0. The van der Waals surface area contributed by atoms with Crippen LogP contribution in [-0.2, 0) is 0 Å². The molecule has 0 saturated heterocycles. The number of fused-ring (bicyclic) bond motifs is 3. The second-order valence-corrected chi connectivity index (χ2v) is 10.1. The highest BCUT2D eigenvalue weighted by Gasteiger charge is 2.53. The van der Waals surface area contributed by atoms with Crippen molar-refractivity contribution in [3.8, 4) is 0 Å². The molecule has 4 fully saturated rings. The van der Waals surface area contributed by atoms with Gasteiger partial charge < -0.3 is 0 Å². The smallest absolute Gasteiger partial charge is 0.104 e. The zero-order chi connectivity index (χ0) is 17.8. The monoisotopic (exact) mass is 350 g/mol. The first kappa shape index (κ1) is 19.7. The first-order valence-corrected chi connectivity index (χ1v) is 11.8. The van der Waals surface area contributed by atoms with E-state index >= 15 is 4.39 Å². The molecule has 1 heteroatoms. The number of rotatable bonds is 9. The van der Waals surface area contributed by atoms with E-state index < -0.39 is 6.17 Å². The van der Waals surface area contributed by atoms with Gasteiger partial charge in [0, 0.05) is 0 Å². The minimum Gasteiger partial charge on any atom is -0.247 e. The molecule has 3 atom stereocenters. The number of hydrogen-bond donors (Lipinski definition) is 0. The van der Waals surface area contributed by atoms with Crippen LogP contribution in [0.3, 0.4) is 0 Å². The Hall–Kier alpha value is -0.0700. The van der Waals surface area contributed by atoms with E-state index in [1.54, 1.807) is 0 Å². The summed E-state index contributed by atoms with van der Waals surface area (Å²) in [4.78, 5) is 0. The average molecular weight is 351 g/mol. The van der Waals surface area contributed by atoms with Crippen LogP contribution in [0.25, 0.3) is 0 Å². The molecule has 0 aromatic rings. The van der Waals surface area contributed by atoms with E-state index in [9.17, 15) is 0 Å². The lowest BCUT2D eigenvalue weighted by atomic mass is 9.47. The largest absolute Gasteiger partial charge is 0.247 e. The van der Waals surface area contributed by atoms with Crippen LogP contribution in [0.2, 0.25) is 0 Å². The van der Waals surface area contributed by atoms with Crippen molar-refractivity contribution in [2.75, 3.05) is 0 Å². The standard InChI is InChI=1S/C24H43F/c1-3-5-7-9-20-10-11-21(22(25)19-20)24-16-13-23(14-17-24,15-18-24)12-8-6-4-2/h20-22H,3-19H2,1-2H3/t20-,21?,22+,23?,24?/m0/s1. The predicted octanol–water partition coefficient (Wildman–Crippen LogP) is 8.24. The molecule has 1 unspecified atom stereocenters. The van der Waals surface area contributed by atoms with Gasteiger partial charge in [-0.25, -0.2) is 4.39 Å². The fourth-order valence-corrected chi connectivity index (χ4v) is 6.81. The first-order chi connectivity index (χ1) is 12.1. The van der Waals surface area contributed by atoms with Gasteiger partial charge in [-0.15, -0.1) is 0 Å². The molecule has 0 aromatic carbocycles. The van der Waals surface area contributed by atoms with E-state index in [-0.39, 0.29) is 0 Å². The number of alkyl halides is 1. The van der Waals surface area contributed by atoms with Gasteiger partial charge in [0.25, 0.3) is 0 Å². The number of unbranched alkanes of at least 4 members (excludes halogenated alkanes) is 4. The lowest BCUT2D eigenvalue weighted by molar-refractivity contribution is -0.0899. The molecule has 0 N–H and O–H groups in total. The van der Waals surface area contributed by atoms with Crippen LogP contribution in [0.5, 0.6) is 0 Å². The Labute approximate surface area is 156 Å². The molecule has 0 nitrogen and oxygen atoms in total. The second kappa shape index (κ2) is 8.75. The third-order valence-electron chi connectivity index (χ3n) is 8.65. The van der Waals surface area contributed by atoms with E-state index in [2.05, 4.69) is 13.8 Å². The van der Waals surface area contributed by atoms with Gasteiger partial charge >= 0.3 is 0 Å². The fraction of sp³-hybridized carbons (Fsp3) is 1.00. The molecule has 0 heterocycles. The van der Waals surface area contributed by atoms with Crippen molar-refractivity contribution in [3.05, 3.63) is 0 Å². The van der Waals surface area contributed by atoms with E-state index in [0.29, 0.717) is 22.7 Å². The lowest BCUT2D eigenvalue weighted by Crippen LogP contribution is -2.49. The summed E-state index contributed by atoms with van der Waals surface area (Å²) in [5, 5.41) is 0. The normalized spacial score (nSPS) is 41.2. The maximum absolute atomic E-state index is 15.2. The number of hydrogen-bond acceptors (Lipinski definition) is 0. The first-order valence-electron chi connectivity index (χ1n) is 11.8. The van der Waals surface area contributed by atoms with Crippen LogP contribution < -0.4 is 0 Å². The molecule has 0 radical (unpaired) electrons. The molecule has 0 aliphatic heterocycles. The summed E-state index contributed by atoms with van der Waals surface area (Å²) < 4.78 is 15.2. The van der Waals surface area contributed by atoms with Crippen LogP contribution in [-0.4, -0.2) is 6.17 Å². The minimum atomic E-state index is -0.494. The Balaban J connectivity index is 1.50. The molecule has 146 valence electrons. The maximum atomic E-state index is 15.2. The zero-order valence-electron chi connectivity index (χ0n) is 17.1. The minimum absolute atomic E-state index is 0.403. The molecule has 2 bridgehead atoms. The molecular weight excluding hydrogens is 307 g/mol. The van der Waals surface area contributed by atoms with E-state index in [1.807, 2.05) is 0 Å². The highest BCUT2D eigenvalue weighted by molar-refractivity contribution is 5.04. The Bertz CT molecular complexity index is 376. The van der Waals surface area contributed by atoms with Crippen LogP contribution in [0.4, 0.5) is 4.39 Å². The van der Waals surface area contributed by atoms with Gasteiger partial charge in [0.2, 0.25) is 0 Å². The van der Waals surface area contributed by atoms with Gasteiger partial charge in [-0.05, 0) is 86.9 Å². The van der Waals surface area contributed by atoms with Crippen LogP contribution in [0.15, 0.2) is 0 Å². The Kier molecular flexibility index (Phi) is 6.89. The van der Waals surface area contributed by atoms with Crippen LogP contribution in [0, 0.1) is 22.7 Å². The van der Waals surface area contributed by atoms with Crippen LogP contribution >= 0.6 is 0 Å². The lowest BCUT2D eigenvalue weighted by Gasteiger charge is -2.58. The van der Waals surface area contributed by atoms with E-state index in [0.717, 1.165) is 6.42 Å². The van der Waals surface area contributed by atoms with Crippen molar-refractivity contribution in [1.82, 2.24) is 0 Å². The molecule has 0 amide bonds. The van der Waals surface area contributed by atoms with Gasteiger partial charge in [-0.2, -0.15) is 0 Å². The number of halogens is 1. The summed E-state index contributed by atoms with van der Waals surface area (Å²) in [6.07, 6.45) is 22.1. The molecule has 0 spiro atoms. The summed E-state index contributed by atoms with van der Waals surface area (Å²) in [6.45, 7) is 4.58. The zero-order valence-corrected chi connectivity index (χ0v) is 17.1. The Morgan fingerprint density at radius 1 is 0.800 bits per heavy atom. The molecule has 4 aliphatic rings. The second-order valence-electron chi connectivity index (χ2n) is 10.1. The molecular formula is C24H43F. The highest BCUT2D eigenvalue weighted by atomic mass is 19.1. The molecule has 4 saturated carbocycles. The predicted molar refractivity (Wildman–Crippen MR) is 107 cm³/mol. The van der Waals surface area contributed by atoms with Gasteiger partial charge in [0.15, 0.2) is 0 Å². The average Bonchev–Trinajstić information content (AvgIpc) is 2.64. The highest BCUT2D eigenvalue weighted by Crippen LogP contribution is 2.63. The van der Waals surface area contributed by atoms with Gasteiger partial charge in [-0.3, -0.25) is 0 Å². The SMILES string of the molecule is CCCCC[C@H]1CCC(C23CCC(CCCCC)(CC2)CC3)[C@H](F)C1. The van der Waals surface area contributed by atoms with E-state index in [1.165, 1.54) is 103 Å². The van der Waals surface area contributed by atoms with Gasteiger partial charge in [0.1, 0.15) is 6.17 Å².